The molecule has 0 N–H and O–H groups in total. The van der Waals surface area contributed by atoms with Gasteiger partial charge in [0.1, 0.15) is 6.29 Å². The summed E-state index contributed by atoms with van der Waals surface area (Å²) in [6.45, 7) is 1.81. The van der Waals surface area contributed by atoms with Gasteiger partial charge in [-0.3, -0.25) is 0 Å². The molecule has 72 valence electrons. The molecule has 0 spiro atoms. The number of nitrogens with zero attached hydrogens (tertiary/aromatic N) is 1. The van der Waals surface area contributed by atoms with Gasteiger partial charge in [-0.2, -0.15) is 0 Å². The highest BCUT2D eigenvalue weighted by Crippen LogP contribution is 2.31. The fourth-order valence-electron chi connectivity index (χ4n) is 1.57. The van der Waals surface area contributed by atoms with Crippen LogP contribution in [0.5, 0.6) is 0 Å². The first-order valence-electron chi connectivity index (χ1n) is 4.53. The van der Waals surface area contributed by atoms with Gasteiger partial charge in [-0.1, -0.05) is 35.5 Å². The first-order chi connectivity index (χ1) is 6.83. The highest BCUT2D eigenvalue weighted by Gasteiger charge is 2.32. The zero-order valence-corrected chi connectivity index (χ0v) is 7.88. The van der Waals surface area contributed by atoms with E-state index in [2.05, 4.69) is 5.16 Å². The van der Waals surface area contributed by atoms with Crippen LogP contribution in [-0.2, 0) is 9.63 Å². The lowest BCUT2D eigenvalue weighted by molar-refractivity contribution is -0.112. The van der Waals surface area contributed by atoms with Crippen LogP contribution in [0.1, 0.15) is 18.6 Å². The molecule has 1 aliphatic rings. The van der Waals surface area contributed by atoms with Crippen LogP contribution in [0.15, 0.2) is 35.5 Å². The van der Waals surface area contributed by atoms with Gasteiger partial charge < -0.3 is 9.63 Å². The van der Waals surface area contributed by atoms with Crippen molar-refractivity contribution in [3.63, 3.8) is 0 Å². The van der Waals surface area contributed by atoms with E-state index in [4.69, 9.17) is 4.84 Å². The molecule has 0 aromatic heterocycles. The predicted molar refractivity (Wildman–Crippen MR) is 52.9 cm³/mol. The van der Waals surface area contributed by atoms with Crippen LogP contribution < -0.4 is 0 Å². The van der Waals surface area contributed by atoms with Crippen molar-refractivity contribution in [2.45, 2.75) is 13.0 Å². The maximum absolute atomic E-state index is 10.8. The van der Waals surface area contributed by atoms with E-state index in [9.17, 15) is 4.79 Å². The number of aldehydes is 1. The van der Waals surface area contributed by atoms with Gasteiger partial charge in [0.2, 0.25) is 0 Å². The summed E-state index contributed by atoms with van der Waals surface area (Å²) in [5, 5.41) is 3.83. The van der Waals surface area contributed by atoms with Gasteiger partial charge in [0.05, 0.1) is 11.6 Å². The van der Waals surface area contributed by atoms with Crippen LogP contribution in [-0.4, -0.2) is 12.0 Å². The summed E-state index contributed by atoms with van der Waals surface area (Å²) in [6, 6.07) is 9.66. The second kappa shape index (κ2) is 3.62. The smallest absolute Gasteiger partial charge is 0.167 e. The van der Waals surface area contributed by atoms with Gasteiger partial charge in [0.15, 0.2) is 6.10 Å². The standard InChI is InChI=1S/C11H11NO2/c1-8-10(7-13)11(14-12-8)9-5-3-2-4-6-9/h2-7,10-11H,1H3/t10-,11+/m1/s1. The van der Waals surface area contributed by atoms with E-state index >= 15 is 0 Å². The van der Waals surface area contributed by atoms with Gasteiger partial charge in [0.25, 0.3) is 0 Å². The molecule has 2 rings (SSSR count). The van der Waals surface area contributed by atoms with Crippen LogP contribution in [0, 0.1) is 5.92 Å². The number of carbonyl (C=O) groups excluding carboxylic acids is 1. The van der Waals surface area contributed by atoms with E-state index in [-0.39, 0.29) is 12.0 Å². The zero-order valence-electron chi connectivity index (χ0n) is 7.88. The Balaban J connectivity index is 2.26. The Labute approximate surface area is 82.4 Å². The van der Waals surface area contributed by atoms with E-state index in [0.717, 1.165) is 17.6 Å². The lowest BCUT2D eigenvalue weighted by Gasteiger charge is -2.12. The molecule has 0 aliphatic carbocycles. The Morgan fingerprint density at radius 1 is 1.36 bits per heavy atom. The summed E-state index contributed by atoms with van der Waals surface area (Å²) in [5.41, 5.74) is 1.74. The Bertz CT molecular complexity index is 359. The molecule has 1 aromatic carbocycles. The minimum atomic E-state index is -0.242. The first-order valence-corrected chi connectivity index (χ1v) is 4.53. The van der Waals surface area contributed by atoms with Crippen molar-refractivity contribution in [1.29, 1.82) is 0 Å². The summed E-state index contributed by atoms with van der Waals surface area (Å²) in [5.74, 6) is -0.239. The fraction of sp³-hybridized carbons (Fsp3) is 0.273. The summed E-state index contributed by atoms with van der Waals surface area (Å²) in [7, 11) is 0. The highest BCUT2D eigenvalue weighted by atomic mass is 16.6. The molecule has 0 bridgehead atoms. The average molecular weight is 189 g/mol. The molecule has 0 saturated carbocycles. The molecule has 0 fully saturated rings. The van der Waals surface area contributed by atoms with E-state index in [1.807, 2.05) is 37.3 Å². The molecule has 0 amide bonds. The predicted octanol–water partition coefficient (Wildman–Crippen LogP) is 1.95. The van der Waals surface area contributed by atoms with Crippen molar-refractivity contribution in [3.8, 4) is 0 Å². The van der Waals surface area contributed by atoms with Gasteiger partial charge >= 0.3 is 0 Å². The SMILES string of the molecule is CC1=NO[C@@H](c2ccccc2)[C@@H]1C=O. The number of hydrogen-bond acceptors (Lipinski definition) is 3. The lowest BCUT2D eigenvalue weighted by Crippen LogP contribution is -2.16. The second-order valence-corrected chi connectivity index (χ2v) is 3.33. The van der Waals surface area contributed by atoms with Crippen LogP contribution >= 0.6 is 0 Å². The number of hydrogen-bond donors (Lipinski definition) is 0. The van der Waals surface area contributed by atoms with Crippen molar-refractivity contribution in [2.24, 2.45) is 11.1 Å². The largest absolute Gasteiger partial charge is 0.386 e. The molecule has 0 radical (unpaired) electrons. The third-order valence-corrected chi connectivity index (χ3v) is 2.39. The number of oxime groups is 1. The molecular weight excluding hydrogens is 178 g/mol. The minimum absolute atomic E-state index is 0.239. The third-order valence-electron chi connectivity index (χ3n) is 2.39. The van der Waals surface area contributed by atoms with Crippen molar-refractivity contribution >= 4 is 12.0 Å². The lowest BCUT2D eigenvalue weighted by atomic mass is 9.94. The van der Waals surface area contributed by atoms with Gasteiger partial charge in [0, 0.05) is 0 Å². The van der Waals surface area contributed by atoms with Gasteiger partial charge in [-0.15, -0.1) is 0 Å². The molecule has 0 saturated heterocycles. The minimum Gasteiger partial charge on any atom is -0.386 e. The van der Waals surface area contributed by atoms with Crippen LogP contribution in [0.25, 0.3) is 0 Å². The van der Waals surface area contributed by atoms with Crippen molar-refractivity contribution in [3.05, 3.63) is 35.9 Å². The molecule has 0 unspecified atom stereocenters. The molecular formula is C11H11NO2. The summed E-state index contributed by atoms with van der Waals surface area (Å²) >= 11 is 0. The van der Waals surface area contributed by atoms with E-state index in [0.29, 0.717) is 0 Å². The van der Waals surface area contributed by atoms with Gasteiger partial charge in [-0.05, 0) is 12.5 Å². The molecule has 3 heteroatoms. The Morgan fingerprint density at radius 3 is 2.71 bits per heavy atom. The monoisotopic (exact) mass is 189 g/mol. The number of carbonyl (C=O) groups is 1. The third kappa shape index (κ3) is 1.41. The number of benzene rings is 1. The second-order valence-electron chi connectivity index (χ2n) is 3.33. The van der Waals surface area contributed by atoms with Gasteiger partial charge in [-0.25, -0.2) is 0 Å². The quantitative estimate of drug-likeness (QED) is 0.667. The summed E-state index contributed by atoms with van der Waals surface area (Å²) in [4.78, 5) is 16.1. The summed E-state index contributed by atoms with van der Waals surface area (Å²) in [6.07, 6.45) is 0.650. The Hall–Kier alpha value is -1.64. The normalized spacial score (nSPS) is 25.4. The van der Waals surface area contributed by atoms with Crippen molar-refractivity contribution < 1.29 is 9.63 Å². The van der Waals surface area contributed by atoms with Crippen molar-refractivity contribution in [1.82, 2.24) is 0 Å². The molecule has 1 aromatic rings. The Kier molecular flexibility index (Phi) is 2.31. The van der Waals surface area contributed by atoms with E-state index in [1.165, 1.54) is 0 Å². The van der Waals surface area contributed by atoms with E-state index < -0.39 is 0 Å². The van der Waals surface area contributed by atoms with Crippen molar-refractivity contribution in [2.75, 3.05) is 0 Å². The fourth-order valence-corrected chi connectivity index (χ4v) is 1.57. The van der Waals surface area contributed by atoms with E-state index in [1.54, 1.807) is 0 Å². The molecule has 3 nitrogen and oxygen atoms in total. The topological polar surface area (TPSA) is 38.7 Å². The summed E-state index contributed by atoms with van der Waals surface area (Å²) < 4.78 is 0. The number of rotatable bonds is 2. The maximum atomic E-state index is 10.8. The molecule has 1 aliphatic heterocycles. The molecule has 14 heavy (non-hydrogen) atoms. The first kappa shape index (κ1) is 8.94. The zero-order chi connectivity index (χ0) is 9.97. The van der Waals surface area contributed by atoms with Crippen LogP contribution in [0.2, 0.25) is 0 Å². The Morgan fingerprint density at radius 2 is 2.07 bits per heavy atom. The molecule has 1 heterocycles. The van der Waals surface area contributed by atoms with Crippen LogP contribution in [0.3, 0.4) is 0 Å². The highest BCUT2D eigenvalue weighted by molar-refractivity contribution is 5.97. The van der Waals surface area contributed by atoms with Crippen LogP contribution in [0.4, 0.5) is 0 Å². The molecule has 2 atom stereocenters. The average Bonchev–Trinajstić information content (AvgIpc) is 2.61. The maximum Gasteiger partial charge on any atom is 0.167 e.